The molecule has 2 saturated carbocycles. The van der Waals surface area contributed by atoms with Crippen molar-refractivity contribution >= 4 is 11.6 Å². The molecule has 0 spiro atoms. The number of amides is 1. The Labute approximate surface area is 113 Å². The van der Waals surface area contributed by atoms with E-state index in [4.69, 9.17) is 0 Å². The summed E-state index contributed by atoms with van der Waals surface area (Å²) in [6, 6.07) is 6.24. The summed E-state index contributed by atoms with van der Waals surface area (Å²) in [6.07, 6.45) is 4.80. The number of halogens is 1. The number of carbonyl (C=O) groups is 1. The van der Waals surface area contributed by atoms with Crippen molar-refractivity contribution in [2.75, 3.05) is 11.4 Å². The summed E-state index contributed by atoms with van der Waals surface area (Å²) in [5.74, 6) is 1.54. The molecule has 2 fully saturated rings. The second-order valence-corrected chi connectivity index (χ2v) is 5.84. The van der Waals surface area contributed by atoms with Crippen molar-refractivity contribution in [3.63, 3.8) is 0 Å². The Balaban J connectivity index is 1.78. The van der Waals surface area contributed by atoms with Gasteiger partial charge in [0.1, 0.15) is 5.82 Å². The normalized spacial score (nSPS) is 28.6. The van der Waals surface area contributed by atoms with Crippen molar-refractivity contribution in [1.29, 1.82) is 0 Å². The smallest absolute Gasteiger partial charge is 0.230 e. The van der Waals surface area contributed by atoms with Gasteiger partial charge in [0.2, 0.25) is 5.91 Å². The molecule has 2 bridgehead atoms. The highest BCUT2D eigenvalue weighted by Crippen LogP contribution is 2.49. The molecule has 1 amide bonds. The maximum Gasteiger partial charge on any atom is 0.230 e. The number of rotatable bonds is 3. The van der Waals surface area contributed by atoms with Crippen molar-refractivity contribution in [2.45, 2.75) is 32.6 Å². The number of fused-ring (bicyclic) bond motifs is 2. The van der Waals surface area contributed by atoms with Crippen LogP contribution in [-0.4, -0.2) is 12.5 Å². The molecule has 2 aliphatic carbocycles. The van der Waals surface area contributed by atoms with Crippen molar-refractivity contribution in [3.8, 4) is 0 Å². The Morgan fingerprint density at radius 2 is 2.00 bits per heavy atom. The van der Waals surface area contributed by atoms with Crippen LogP contribution in [0.2, 0.25) is 0 Å². The summed E-state index contributed by atoms with van der Waals surface area (Å²) in [6.45, 7) is 2.63. The van der Waals surface area contributed by atoms with E-state index in [9.17, 15) is 9.18 Å². The molecule has 2 nitrogen and oxygen atoms in total. The molecule has 0 aliphatic heterocycles. The minimum absolute atomic E-state index is 0.198. The fraction of sp³-hybridized carbons (Fsp3) is 0.562. The van der Waals surface area contributed by atoms with Crippen LogP contribution >= 0.6 is 0 Å². The van der Waals surface area contributed by atoms with E-state index < -0.39 is 0 Å². The maximum atomic E-state index is 13.0. The van der Waals surface area contributed by atoms with Gasteiger partial charge in [-0.3, -0.25) is 4.79 Å². The van der Waals surface area contributed by atoms with E-state index in [2.05, 4.69) is 0 Å². The predicted molar refractivity (Wildman–Crippen MR) is 73.4 cm³/mol. The average Bonchev–Trinajstić information content (AvgIpc) is 3.04. The third-order valence-electron chi connectivity index (χ3n) is 4.78. The van der Waals surface area contributed by atoms with Crippen molar-refractivity contribution < 1.29 is 9.18 Å². The van der Waals surface area contributed by atoms with Crippen LogP contribution in [0.3, 0.4) is 0 Å². The zero-order valence-electron chi connectivity index (χ0n) is 11.3. The third-order valence-corrected chi connectivity index (χ3v) is 4.78. The van der Waals surface area contributed by atoms with Gasteiger partial charge in [-0.1, -0.05) is 6.42 Å². The molecular formula is C16H20FNO. The summed E-state index contributed by atoms with van der Waals surface area (Å²) in [5, 5.41) is 0. The fourth-order valence-corrected chi connectivity index (χ4v) is 3.83. The Hall–Kier alpha value is -1.38. The van der Waals surface area contributed by atoms with E-state index in [1.165, 1.54) is 31.4 Å². The van der Waals surface area contributed by atoms with E-state index in [1.807, 2.05) is 11.8 Å². The highest BCUT2D eigenvalue weighted by molar-refractivity contribution is 5.95. The molecular weight excluding hydrogens is 241 g/mol. The quantitative estimate of drug-likeness (QED) is 0.814. The molecule has 1 aromatic rings. The van der Waals surface area contributed by atoms with Gasteiger partial charge in [0.25, 0.3) is 0 Å². The first-order chi connectivity index (χ1) is 9.19. The van der Waals surface area contributed by atoms with Gasteiger partial charge in [-0.15, -0.1) is 0 Å². The van der Waals surface area contributed by atoms with E-state index in [0.717, 1.165) is 18.0 Å². The molecule has 19 heavy (non-hydrogen) atoms. The molecule has 0 aromatic heterocycles. The molecule has 3 rings (SSSR count). The van der Waals surface area contributed by atoms with Crippen LogP contribution in [0.4, 0.5) is 10.1 Å². The van der Waals surface area contributed by atoms with Gasteiger partial charge in [-0.25, -0.2) is 4.39 Å². The van der Waals surface area contributed by atoms with Crippen LogP contribution in [0, 0.1) is 23.6 Å². The zero-order valence-corrected chi connectivity index (χ0v) is 11.3. The van der Waals surface area contributed by atoms with Crippen LogP contribution in [0.25, 0.3) is 0 Å². The molecule has 0 saturated heterocycles. The van der Waals surface area contributed by atoms with Crippen LogP contribution < -0.4 is 4.90 Å². The van der Waals surface area contributed by atoms with E-state index >= 15 is 0 Å². The lowest BCUT2D eigenvalue weighted by atomic mass is 9.87. The largest absolute Gasteiger partial charge is 0.312 e. The molecule has 1 aromatic carbocycles. The topological polar surface area (TPSA) is 20.3 Å². The Morgan fingerprint density at radius 3 is 2.53 bits per heavy atom. The molecule has 2 aliphatic rings. The van der Waals surface area contributed by atoms with E-state index in [0.29, 0.717) is 12.5 Å². The third kappa shape index (κ3) is 2.26. The molecule has 0 N–H and O–H groups in total. The molecule has 0 heterocycles. The van der Waals surface area contributed by atoms with Gasteiger partial charge in [0, 0.05) is 18.2 Å². The van der Waals surface area contributed by atoms with Crippen LogP contribution in [-0.2, 0) is 4.79 Å². The second-order valence-electron chi connectivity index (χ2n) is 5.84. The van der Waals surface area contributed by atoms with Gasteiger partial charge in [-0.05, 0) is 62.3 Å². The van der Waals surface area contributed by atoms with Crippen LogP contribution in [0.15, 0.2) is 24.3 Å². The summed E-state index contributed by atoms with van der Waals surface area (Å²) in [7, 11) is 0. The van der Waals surface area contributed by atoms with Crippen LogP contribution in [0.1, 0.15) is 32.6 Å². The van der Waals surface area contributed by atoms with Crippen molar-refractivity contribution in [2.24, 2.45) is 17.8 Å². The van der Waals surface area contributed by atoms with Crippen molar-refractivity contribution in [1.82, 2.24) is 0 Å². The number of nitrogens with zero attached hydrogens (tertiary/aromatic N) is 1. The standard InChI is InChI=1S/C16H20FNO/c1-2-18(14-7-5-13(17)6-8-14)16(19)15-10-11-3-4-12(15)9-11/h5-8,11-12,15H,2-4,9-10H2,1H3. The lowest BCUT2D eigenvalue weighted by Gasteiger charge is -2.28. The molecule has 0 radical (unpaired) electrons. The Morgan fingerprint density at radius 1 is 1.26 bits per heavy atom. The Kier molecular flexibility index (Phi) is 3.29. The number of hydrogen-bond donors (Lipinski definition) is 0. The average molecular weight is 261 g/mol. The summed E-state index contributed by atoms with van der Waals surface area (Å²) < 4.78 is 13.0. The molecule has 3 heteroatoms. The zero-order chi connectivity index (χ0) is 13.4. The van der Waals surface area contributed by atoms with Gasteiger partial charge < -0.3 is 4.90 Å². The van der Waals surface area contributed by atoms with Crippen molar-refractivity contribution in [3.05, 3.63) is 30.1 Å². The lowest BCUT2D eigenvalue weighted by molar-refractivity contribution is -0.123. The first-order valence-corrected chi connectivity index (χ1v) is 7.26. The first-order valence-electron chi connectivity index (χ1n) is 7.26. The second kappa shape index (κ2) is 4.95. The summed E-state index contributed by atoms with van der Waals surface area (Å²) >= 11 is 0. The minimum atomic E-state index is -0.257. The lowest BCUT2D eigenvalue weighted by Crippen LogP contribution is -2.38. The SMILES string of the molecule is CCN(C(=O)C1CC2CCC1C2)c1ccc(F)cc1. The number of anilines is 1. The van der Waals surface area contributed by atoms with Crippen LogP contribution in [0.5, 0.6) is 0 Å². The first kappa shape index (κ1) is 12.6. The number of hydrogen-bond acceptors (Lipinski definition) is 1. The highest BCUT2D eigenvalue weighted by Gasteiger charge is 2.44. The summed E-state index contributed by atoms with van der Waals surface area (Å²) in [4.78, 5) is 14.5. The van der Waals surface area contributed by atoms with Gasteiger partial charge in [0.05, 0.1) is 0 Å². The van der Waals surface area contributed by atoms with Gasteiger partial charge in [-0.2, -0.15) is 0 Å². The van der Waals surface area contributed by atoms with E-state index in [1.54, 1.807) is 12.1 Å². The maximum absolute atomic E-state index is 13.0. The van der Waals surface area contributed by atoms with E-state index in [-0.39, 0.29) is 17.6 Å². The number of benzene rings is 1. The summed E-state index contributed by atoms with van der Waals surface area (Å²) in [5.41, 5.74) is 0.816. The molecule has 3 atom stereocenters. The fourth-order valence-electron chi connectivity index (χ4n) is 3.83. The number of carbonyl (C=O) groups excluding carboxylic acids is 1. The minimum Gasteiger partial charge on any atom is -0.312 e. The monoisotopic (exact) mass is 261 g/mol. The predicted octanol–water partition coefficient (Wildman–Crippen LogP) is 3.61. The molecule has 3 unspecified atom stereocenters. The highest BCUT2D eigenvalue weighted by atomic mass is 19.1. The molecule has 102 valence electrons. The van der Waals surface area contributed by atoms with Gasteiger partial charge in [0.15, 0.2) is 0 Å². The Bertz CT molecular complexity index is 470. The van der Waals surface area contributed by atoms with Gasteiger partial charge >= 0.3 is 0 Å².